The Bertz CT molecular complexity index is 374. The summed E-state index contributed by atoms with van der Waals surface area (Å²) in [6, 6.07) is 3.94. The van der Waals surface area contributed by atoms with Gasteiger partial charge in [-0.05, 0) is 30.7 Å². The number of hydrogen-bond donors (Lipinski definition) is 2. The van der Waals surface area contributed by atoms with E-state index in [1.54, 1.807) is 7.11 Å². The molecule has 0 spiro atoms. The summed E-state index contributed by atoms with van der Waals surface area (Å²) in [4.78, 5) is 0. The third kappa shape index (κ3) is 3.18. The van der Waals surface area contributed by atoms with Crippen molar-refractivity contribution in [3.05, 3.63) is 28.3 Å². The predicted octanol–water partition coefficient (Wildman–Crippen LogP) is 2.34. The molecule has 1 aromatic rings. The van der Waals surface area contributed by atoms with Gasteiger partial charge in [-0.25, -0.2) is 0 Å². The van der Waals surface area contributed by atoms with Crippen LogP contribution in [0.3, 0.4) is 0 Å². The smallest absolute Gasteiger partial charge is 0.124 e. The van der Waals surface area contributed by atoms with E-state index in [4.69, 9.17) is 22.1 Å². The van der Waals surface area contributed by atoms with Crippen molar-refractivity contribution in [2.24, 2.45) is 5.73 Å². The quantitative estimate of drug-likeness (QED) is 0.881. The van der Waals surface area contributed by atoms with Gasteiger partial charge in [0.05, 0.1) is 7.11 Å². The topological polar surface area (TPSA) is 47.3 Å². The first-order valence-electron chi connectivity index (χ1n) is 5.06. The summed E-state index contributed by atoms with van der Waals surface area (Å²) < 4.78 is 5.35. The molecule has 1 aromatic carbocycles. The van der Waals surface area contributed by atoms with Gasteiger partial charge in [0.1, 0.15) is 5.75 Å². The highest BCUT2D eigenvalue weighted by molar-refractivity contribution is 6.31. The van der Waals surface area contributed by atoms with Gasteiger partial charge in [0.2, 0.25) is 0 Å². The van der Waals surface area contributed by atoms with Crippen molar-refractivity contribution in [1.82, 2.24) is 5.32 Å². The molecule has 6 heteroatoms. The molecule has 0 fully saturated rings. The van der Waals surface area contributed by atoms with Crippen LogP contribution in [0.1, 0.15) is 17.2 Å². The molecular formula is C11H17Cl3N2O. The van der Waals surface area contributed by atoms with Crippen molar-refractivity contribution in [3.8, 4) is 5.75 Å². The van der Waals surface area contributed by atoms with Gasteiger partial charge >= 0.3 is 0 Å². The molecule has 2 rings (SSSR count). The Labute approximate surface area is 119 Å². The summed E-state index contributed by atoms with van der Waals surface area (Å²) in [5.74, 6) is 0.872. The van der Waals surface area contributed by atoms with Gasteiger partial charge in [-0.3, -0.25) is 0 Å². The molecule has 0 aliphatic carbocycles. The molecule has 1 unspecified atom stereocenters. The summed E-state index contributed by atoms with van der Waals surface area (Å²) >= 11 is 6.17. The van der Waals surface area contributed by atoms with Gasteiger partial charge in [0.25, 0.3) is 0 Å². The van der Waals surface area contributed by atoms with E-state index in [1.807, 2.05) is 12.1 Å². The number of rotatable bonds is 2. The molecule has 0 bridgehead atoms. The molecule has 0 aromatic heterocycles. The number of fused-ring (bicyclic) bond motifs is 1. The van der Waals surface area contributed by atoms with Crippen molar-refractivity contribution in [1.29, 1.82) is 0 Å². The van der Waals surface area contributed by atoms with Gasteiger partial charge in [-0.15, -0.1) is 24.8 Å². The molecule has 3 nitrogen and oxygen atoms in total. The number of nitrogens with two attached hydrogens (primary N) is 1. The monoisotopic (exact) mass is 298 g/mol. The third-order valence-electron chi connectivity index (χ3n) is 2.83. The lowest BCUT2D eigenvalue weighted by molar-refractivity contribution is 0.393. The van der Waals surface area contributed by atoms with Crippen molar-refractivity contribution < 1.29 is 4.74 Å². The molecule has 1 aliphatic rings. The van der Waals surface area contributed by atoms with E-state index in [2.05, 4.69) is 5.32 Å². The Morgan fingerprint density at radius 1 is 1.47 bits per heavy atom. The number of methoxy groups -OCH3 is 1. The predicted molar refractivity (Wildman–Crippen MR) is 76.0 cm³/mol. The van der Waals surface area contributed by atoms with Gasteiger partial charge < -0.3 is 15.8 Å². The lowest BCUT2D eigenvalue weighted by atomic mass is 9.93. The van der Waals surface area contributed by atoms with Crippen molar-refractivity contribution in [3.63, 3.8) is 0 Å². The lowest BCUT2D eigenvalue weighted by Crippen LogP contribution is -2.35. The van der Waals surface area contributed by atoms with Crippen LogP contribution in [0, 0.1) is 0 Å². The minimum Gasteiger partial charge on any atom is -0.496 e. The number of benzene rings is 1. The highest BCUT2D eigenvalue weighted by atomic mass is 35.5. The second-order valence-electron chi connectivity index (χ2n) is 3.63. The Balaban J connectivity index is 0.00000128. The van der Waals surface area contributed by atoms with E-state index in [9.17, 15) is 0 Å². The molecule has 1 heterocycles. The molecular weight excluding hydrogens is 282 g/mol. The second-order valence-corrected chi connectivity index (χ2v) is 4.04. The SMILES string of the molecule is COc1ccc(Cl)c2c1C(CN)NCC2.Cl.Cl. The van der Waals surface area contributed by atoms with Crippen LogP contribution in [-0.4, -0.2) is 20.2 Å². The van der Waals surface area contributed by atoms with Crippen molar-refractivity contribution in [2.75, 3.05) is 20.2 Å². The van der Waals surface area contributed by atoms with Crippen LogP contribution < -0.4 is 15.8 Å². The van der Waals surface area contributed by atoms with E-state index >= 15 is 0 Å². The summed E-state index contributed by atoms with van der Waals surface area (Å²) in [7, 11) is 1.67. The van der Waals surface area contributed by atoms with Crippen LogP contribution in [-0.2, 0) is 6.42 Å². The Hall–Kier alpha value is -0.190. The molecule has 0 saturated heterocycles. The maximum atomic E-state index is 6.17. The number of nitrogens with one attached hydrogen (secondary N) is 1. The molecule has 3 N–H and O–H groups in total. The summed E-state index contributed by atoms with van der Waals surface area (Å²) in [5.41, 5.74) is 8.03. The standard InChI is InChI=1S/C11H15ClN2O.2ClH/c1-15-10-3-2-8(12)7-4-5-14-9(6-13)11(7)10;;/h2-3,9,14H,4-6,13H2,1H3;2*1H. The van der Waals surface area contributed by atoms with Crippen LogP contribution in [0.15, 0.2) is 12.1 Å². The van der Waals surface area contributed by atoms with Gasteiger partial charge in [0, 0.05) is 23.2 Å². The van der Waals surface area contributed by atoms with Crippen LogP contribution in [0.25, 0.3) is 0 Å². The van der Waals surface area contributed by atoms with Crippen molar-refractivity contribution in [2.45, 2.75) is 12.5 Å². The number of halogens is 3. The number of hydrogen-bond acceptors (Lipinski definition) is 3. The molecule has 0 radical (unpaired) electrons. The molecule has 98 valence electrons. The first-order chi connectivity index (χ1) is 7.27. The average Bonchev–Trinajstić information content (AvgIpc) is 2.29. The minimum atomic E-state index is 0. The first-order valence-corrected chi connectivity index (χ1v) is 5.44. The van der Waals surface area contributed by atoms with Crippen LogP contribution in [0.2, 0.25) is 5.02 Å². The number of ether oxygens (including phenoxy) is 1. The zero-order chi connectivity index (χ0) is 10.8. The van der Waals surface area contributed by atoms with E-state index in [1.165, 1.54) is 5.56 Å². The lowest BCUT2D eigenvalue weighted by Gasteiger charge is -2.28. The van der Waals surface area contributed by atoms with Crippen LogP contribution >= 0.6 is 36.4 Å². The first kappa shape index (κ1) is 16.8. The van der Waals surface area contributed by atoms with Gasteiger partial charge in [0.15, 0.2) is 0 Å². The maximum Gasteiger partial charge on any atom is 0.124 e. The van der Waals surface area contributed by atoms with Crippen LogP contribution in [0.5, 0.6) is 5.75 Å². The highest BCUT2D eigenvalue weighted by Crippen LogP contribution is 2.35. The van der Waals surface area contributed by atoms with E-state index in [-0.39, 0.29) is 30.9 Å². The fraction of sp³-hybridized carbons (Fsp3) is 0.455. The molecule has 1 aliphatic heterocycles. The van der Waals surface area contributed by atoms with Crippen LogP contribution in [0.4, 0.5) is 0 Å². The molecule has 17 heavy (non-hydrogen) atoms. The molecule has 0 saturated carbocycles. The maximum absolute atomic E-state index is 6.17. The zero-order valence-electron chi connectivity index (χ0n) is 9.53. The van der Waals surface area contributed by atoms with E-state index in [0.717, 1.165) is 29.3 Å². The zero-order valence-corrected chi connectivity index (χ0v) is 11.9. The fourth-order valence-corrected chi connectivity index (χ4v) is 2.36. The fourth-order valence-electron chi connectivity index (χ4n) is 2.11. The third-order valence-corrected chi connectivity index (χ3v) is 3.18. The Morgan fingerprint density at radius 3 is 2.76 bits per heavy atom. The molecule has 1 atom stereocenters. The summed E-state index contributed by atoms with van der Waals surface area (Å²) in [5, 5.41) is 4.17. The Kier molecular flexibility index (Phi) is 7.21. The van der Waals surface area contributed by atoms with E-state index < -0.39 is 0 Å². The minimum absolute atomic E-state index is 0. The Morgan fingerprint density at radius 2 is 2.18 bits per heavy atom. The second kappa shape index (κ2) is 7.29. The highest BCUT2D eigenvalue weighted by Gasteiger charge is 2.24. The van der Waals surface area contributed by atoms with Gasteiger partial charge in [-0.1, -0.05) is 11.6 Å². The summed E-state index contributed by atoms with van der Waals surface area (Å²) in [6.45, 7) is 1.48. The largest absolute Gasteiger partial charge is 0.496 e. The van der Waals surface area contributed by atoms with Gasteiger partial charge in [-0.2, -0.15) is 0 Å². The summed E-state index contributed by atoms with van der Waals surface area (Å²) in [6.07, 6.45) is 0.932. The average molecular weight is 300 g/mol. The van der Waals surface area contributed by atoms with Crippen molar-refractivity contribution >= 4 is 36.4 Å². The van der Waals surface area contributed by atoms with E-state index in [0.29, 0.717) is 6.54 Å². The molecule has 0 amide bonds. The normalized spacial score (nSPS) is 17.5.